The van der Waals surface area contributed by atoms with E-state index in [0.29, 0.717) is 13.2 Å². The van der Waals surface area contributed by atoms with Gasteiger partial charge in [-0.05, 0) is 20.3 Å². The van der Waals surface area contributed by atoms with E-state index in [1.165, 1.54) is 0 Å². The molecule has 0 aromatic rings. The number of carbonyl (C=O) groups excluding carboxylic acids is 1. The van der Waals surface area contributed by atoms with E-state index in [4.69, 9.17) is 4.74 Å². The molecule has 0 saturated carbocycles. The van der Waals surface area contributed by atoms with Crippen LogP contribution in [0.5, 0.6) is 0 Å². The number of rotatable bonds is 5. The van der Waals surface area contributed by atoms with Gasteiger partial charge in [0.2, 0.25) is 0 Å². The fourth-order valence-electron chi connectivity index (χ4n) is 0.682. The highest BCUT2D eigenvalue weighted by molar-refractivity contribution is 5.73. The van der Waals surface area contributed by atoms with Crippen molar-refractivity contribution in [3.05, 3.63) is 0 Å². The van der Waals surface area contributed by atoms with E-state index in [9.17, 15) is 4.79 Å². The number of amides is 2. The number of nitrogens with one attached hydrogen (secondary N) is 2. The molecule has 0 unspecified atom stereocenters. The second kappa shape index (κ2) is 6.91. The van der Waals surface area contributed by atoms with Crippen LogP contribution >= 0.6 is 0 Å². The Balaban J connectivity index is 3.05. The molecule has 0 aliphatic heterocycles. The maximum atomic E-state index is 10.6. The van der Waals surface area contributed by atoms with Gasteiger partial charge in [0.05, 0.1) is 6.10 Å². The Morgan fingerprint density at radius 3 is 2.67 bits per heavy atom. The lowest BCUT2D eigenvalue weighted by Crippen LogP contribution is -2.33. The Bertz CT molecular complexity index is 126. The number of urea groups is 1. The summed E-state index contributed by atoms with van der Waals surface area (Å²) in [6.07, 6.45) is 1.12. The number of hydrogen-bond donors (Lipinski definition) is 2. The lowest BCUT2D eigenvalue weighted by Gasteiger charge is -2.07. The minimum Gasteiger partial charge on any atom is -0.379 e. The normalized spacial score (nSPS) is 10.0. The van der Waals surface area contributed by atoms with Crippen LogP contribution < -0.4 is 10.6 Å². The summed E-state index contributed by atoms with van der Waals surface area (Å²) in [5.74, 6) is 0. The molecule has 4 nitrogen and oxygen atoms in total. The van der Waals surface area contributed by atoms with E-state index in [-0.39, 0.29) is 12.1 Å². The van der Waals surface area contributed by atoms with E-state index >= 15 is 0 Å². The van der Waals surface area contributed by atoms with Crippen molar-refractivity contribution >= 4 is 6.03 Å². The molecule has 12 heavy (non-hydrogen) atoms. The predicted octanol–water partition coefficient (Wildman–Crippen LogP) is 0.730. The van der Waals surface area contributed by atoms with Crippen molar-refractivity contribution in [1.29, 1.82) is 0 Å². The fourth-order valence-corrected chi connectivity index (χ4v) is 0.682. The zero-order valence-corrected chi connectivity index (χ0v) is 8.02. The molecule has 0 aromatic heterocycles. The Morgan fingerprint density at radius 2 is 2.17 bits per heavy atom. The molecule has 4 heteroatoms. The number of ether oxygens (including phenoxy) is 1. The minimum atomic E-state index is -0.139. The minimum absolute atomic E-state index is 0.139. The average Bonchev–Trinajstić information content (AvgIpc) is 2.03. The smallest absolute Gasteiger partial charge is 0.314 e. The highest BCUT2D eigenvalue weighted by Crippen LogP contribution is 1.88. The van der Waals surface area contributed by atoms with Gasteiger partial charge in [-0.15, -0.1) is 0 Å². The van der Waals surface area contributed by atoms with E-state index in [0.717, 1.165) is 6.42 Å². The lowest BCUT2D eigenvalue weighted by molar-refractivity contribution is 0.0774. The van der Waals surface area contributed by atoms with Crippen LogP contribution in [0.4, 0.5) is 4.79 Å². The molecular weight excluding hydrogens is 156 g/mol. The van der Waals surface area contributed by atoms with Gasteiger partial charge in [-0.2, -0.15) is 0 Å². The Morgan fingerprint density at radius 1 is 1.50 bits per heavy atom. The molecule has 2 amide bonds. The second-order valence-corrected chi connectivity index (χ2v) is 2.78. The summed E-state index contributed by atoms with van der Waals surface area (Å²) in [6.45, 7) is 5.34. The van der Waals surface area contributed by atoms with Gasteiger partial charge in [0.15, 0.2) is 0 Å². The summed E-state index contributed by atoms with van der Waals surface area (Å²) in [6, 6.07) is -0.139. The highest BCUT2D eigenvalue weighted by Gasteiger charge is 1.95. The molecule has 0 spiro atoms. The first-order chi connectivity index (χ1) is 5.66. The summed E-state index contributed by atoms with van der Waals surface area (Å²) >= 11 is 0. The third-order valence-corrected chi connectivity index (χ3v) is 1.28. The molecule has 0 aliphatic carbocycles. The lowest BCUT2D eigenvalue weighted by atomic mass is 10.4. The molecule has 0 fully saturated rings. The fraction of sp³-hybridized carbons (Fsp3) is 0.875. The summed E-state index contributed by atoms with van der Waals surface area (Å²) in [5, 5.41) is 5.15. The first kappa shape index (κ1) is 11.2. The number of hydrogen-bond acceptors (Lipinski definition) is 2. The summed E-state index contributed by atoms with van der Waals surface area (Å²) in [5.41, 5.74) is 0. The van der Waals surface area contributed by atoms with Crippen molar-refractivity contribution in [3.63, 3.8) is 0 Å². The average molecular weight is 174 g/mol. The molecule has 0 bridgehead atoms. The van der Waals surface area contributed by atoms with Crippen LogP contribution in [0.25, 0.3) is 0 Å². The zero-order valence-electron chi connectivity index (χ0n) is 8.02. The van der Waals surface area contributed by atoms with Crippen LogP contribution in [0.2, 0.25) is 0 Å². The Labute approximate surface area is 73.7 Å². The molecule has 0 aromatic carbocycles. The first-order valence-electron chi connectivity index (χ1n) is 4.24. The summed E-state index contributed by atoms with van der Waals surface area (Å²) in [4.78, 5) is 10.6. The monoisotopic (exact) mass is 174 g/mol. The topological polar surface area (TPSA) is 50.4 Å². The van der Waals surface area contributed by atoms with Crippen LogP contribution in [-0.4, -0.2) is 32.3 Å². The molecule has 0 aliphatic rings. The van der Waals surface area contributed by atoms with Gasteiger partial charge in [-0.25, -0.2) is 4.79 Å². The van der Waals surface area contributed by atoms with Crippen LogP contribution in [0.3, 0.4) is 0 Å². The quantitative estimate of drug-likeness (QED) is 0.604. The van der Waals surface area contributed by atoms with Crippen molar-refractivity contribution < 1.29 is 9.53 Å². The third-order valence-electron chi connectivity index (χ3n) is 1.28. The molecule has 0 atom stereocenters. The van der Waals surface area contributed by atoms with Crippen molar-refractivity contribution in [2.24, 2.45) is 0 Å². The van der Waals surface area contributed by atoms with Crippen LogP contribution in [0, 0.1) is 0 Å². The van der Waals surface area contributed by atoms with Crippen molar-refractivity contribution in [3.8, 4) is 0 Å². The van der Waals surface area contributed by atoms with Gasteiger partial charge in [-0.3, -0.25) is 0 Å². The van der Waals surface area contributed by atoms with Crippen LogP contribution in [-0.2, 0) is 4.74 Å². The molecule has 0 saturated heterocycles. The van der Waals surface area contributed by atoms with Crippen LogP contribution in [0.1, 0.15) is 20.3 Å². The predicted molar refractivity (Wildman–Crippen MR) is 48.2 cm³/mol. The van der Waals surface area contributed by atoms with Gasteiger partial charge in [0, 0.05) is 20.2 Å². The maximum absolute atomic E-state index is 10.6. The largest absolute Gasteiger partial charge is 0.379 e. The van der Waals surface area contributed by atoms with Crippen molar-refractivity contribution in [1.82, 2.24) is 10.6 Å². The molecule has 0 heterocycles. The van der Waals surface area contributed by atoms with E-state index in [2.05, 4.69) is 10.6 Å². The van der Waals surface area contributed by atoms with E-state index < -0.39 is 0 Å². The summed E-state index contributed by atoms with van der Waals surface area (Å²) in [7, 11) is 1.60. The maximum Gasteiger partial charge on any atom is 0.314 e. The van der Waals surface area contributed by atoms with E-state index in [1.54, 1.807) is 7.05 Å². The van der Waals surface area contributed by atoms with E-state index in [1.807, 2.05) is 13.8 Å². The molecular formula is C8H18N2O2. The van der Waals surface area contributed by atoms with Gasteiger partial charge < -0.3 is 15.4 Å². The third kappa shape index (κ3) is 7.34. The van der Waals surface area contributed by atoms with Crippen molar-refractivity contribution in [2.75, 3.05) is 20.2 Å². The SMILES string of the molecule is CNC(=O)NCCCOC(C)C. The first-order valence-corrected chi connectivity index (χ1v) is 4.24. The van der Waals surface area contributed by atoms with Crippen molar-refractivity contribution in [2.45, 2.75) is 26.4 Å². The second-order valence-electron chi connectivity index (χ2n) is 2.78. The molecule has 0 rings (SSSR count). The molecule has 0 radical (unpaired) electrons. The summed E-state index contributed by atoms with van der Waals surface area (Å²) < 4.78 is 5.29. The van der Waals surface area contributed by atoms with Gasteiger partial charge in [0.1, 0.15) is 0 Å². The van der Waals surface area contributed by atoms with Gasteiger partial charge in [-0.1, -0.05) is 0 Å². The standard InChI is InChI=1S/C8H18N2O2/c1-7(2)12-6-4-5-10-8(11)9-3/h7H,4-6H2,1-3H3,(H2,9,10,11). The Hall–Kier alpha value is -0.770. The molecule has 2 N–H and O–H groups in total. The molecule has 72 valence electrons. The Kier molecular flexibility index (Phi) is 6.47. The van der Waals surface area contributed by atoms with Gasteiger partial charge in [0.25, 0.3) is 0 Å². The number of carbonyl (C=O) groups is 1. The van der Waals surface area contributed by atoms with Crippen LogP contribution in [0.15, 0.2) is 0 Å². The zero-order chi connectivity index (χ0) is 9.40. The highest BCUT2D eigenvalue weighted by atomic mass is 16.5. The van der Waals surface area contributed by atoms with Gasteiger partial charge >= 0.3 is 6.03 Å².